The predicted octanol–water partition coefficient (Wildman–Crippen LogP) is 1.32. The minimum atomic E-state index is -3.13. The Morgan fingerprint density at radius 3 is 2.33 bits per heavy atom. The lowest BCUT2D eigenvalue weighted by Crippen LogP contribution is -2.38. The van der Waals surface area contributed by atoms with Gasteiger partial charge in [0.25, 0.3) is 0 Å². The van der Waals surface area contributed by atoms with Crippen molar-refractivity contribution in [1.29, 1.82) is 0 Å². The smallest absolute Gasteiger partial charge is 0.214 e. The van der Waals surface area contributed by atoms with Gasteiger partial charge in [-0.25, -0.2) is 8.42 Å². The number of methoxy groups -OCH3 is 1. The van der Waals surface area contributed by atoms with Gasteiger partial charge in [-0.2, -0.15) is 4.31 Å². The molecule has 0 rings (SSSR count). The largest absolute Gasteiger partial charge is 0.383 e. The van der Waals surface area contributed by atoms with Crippen LogP contribution >= 0.6 is 15.9 Å². The standard InChI is InChI=1S/C9H20BrNO3S/c1-9(2)8-15(12,13)11(5-4-10)6-7-14-3/h9H,4-8H2,1-3H3. The molecule has 92 valence electrons. The molecule has 0 unspecified atom stereocenters. The molecule has 0 saturated carbocycles. The summed E-state index contributed by atoms with van der Waals surface area (Å²) in [6, 6.07) is 0. The summed E-state index contributed by atoms with van der Waals surface area (Å²) in [7, 11) is -1.56. The number of sulfonamides is 1. The van der Waals surface area contributed by atoms with Crippen molar-refractivity contribution < 1.29 is 13.2 Å². The highest BCUT2D eigenvalue weighted by Gasteiger charge is 2.21. The maximum atomic E-state index is 11.9. The molecule has 0 heterocycles. The van der Waals surface area contributed by atoms with Gasteiger partial charge in [0.15, 0.2) is 0 Å². The van der Waals surface area contributed by atoms with E-state index in [1.807, 2.05) is 13.8 Å². The zero-order valence-corrected chi connectivity index (χ0v) is 12.0. The first-order chi connectivity index (χ1) is 6.94. The van der Waals surface area contributed by atoms with Crippen molar-refractivity contribution in [3.05, 3.63) is 0 Å². The van der Waals surface area contributed by atoms with Crippen LogP contribution < -0.4 is 0 Å². The highest BCUT2D eigenvalue weighted by Crippen LogP contribution is 2.07. The van der Waals surface area contributed by atoms with Gasteiger partial charge in [-0.15, -0.1) is 0 Å². The van der Waals surface area contributed by atoms with Crippen LogP contribution in [0.3, 0.4) is 0 Å². The summed E-state index contributed by atoms with van der Waals surface area (Å²) in [5, 5.41) is 0.647. The number of ether oxygens (including phenoxy) is 1. The number of halogens is 1. The summed E-state index contributed by atoms with van der Waals surface area (Å²) < 4.78 is 30.1. The third-order valence-corrected chi connectivity index (χ3v) is 4.41. The number of nitrogens with zero attached hydrogens (tertiary/aromatic N) is 1. The summed E-state index contributed by atoms with van der Waals surface area (Å²) in [4.78, 5) is 0. The maximum absolute atomic E-state index is 11.9. The van der Waals surface area contributed by atoms with Gasteiger partial charge < -0.3 is 4.74 Å². The molecule has 0 N–H and O–H groups in total. The first-order valence-corrected chi connectivity index (χ1v) is 7.69. The SMILES string of the molecule is COCCN(CCBr)S(=O)(=O)CC(C)C. The molecule has 0 aromatic rings. The molecule has 0 aliphatic heterocycles. The highest BCUT2D eigenvalue weighted by atomic mass is 79.9. The summed E-state index contributed by atoms with van der Waals surface area (Å²) in [5.41, 5.74) is 0. The van der Waals surface area contributed by atoms with Gasteiger partial charge in [0.1, 0.15) is 0 Å². The highest BCUT2D eigenvalue weighted by molar-refractivity contribution is 9.09. The lowest BCUT2D eigenvalue weighted by Gasteiger charge is -2.21. The lowest BCUT2D eigenvalue weighted by atomic mass is 10.3. The number of alkyl halides is 1. The topological polar surface area (TPSA) is 46.6 Å². The Morgan fingerprint density at radius 1 is 1.33 bits per heavy atom. The fourth-order valence-corrected chi connectivity index (χ4v) is 3.64. The van der Waals surface area contributed by atoms with E-state index in [-0.39, 0.29) is 11.7 Å². The molecule has 0 aliphatic carbocycles. The van der Waals surface area contributed by atoms with Gasteiger partial charge in [0.05, 0.1) is 12.4 Å². The molecule has 0 aromatic carbocycles. The summed E-state index contributed by atoms with van der Waals surface area (Å²) >= 11 is 3.25. The van der Waals surface area contributed by atoms with Gasteiger partial charge in [-0.1, -0.05) is 29.8 Å². The van der Waals surface area contributed by atoms with Crippen LogP contribution in [0.4, 0.5) is 0 Å². The average Bonchev–Trinajstić information content (AvgIpc) is 2.09. The molecular weight excluding hydrogens is 282 g/mol. The van der Waals surface area contributed by atoms with E-state index in [1.54, 1.807) is 7.11 Å². The molecule has 0 atom stereocenters. The lowest BCUT2D eigenvalue weighted by molar-refractivity contribution is 0.180. The van der Waals surface area contributed by atoms with Crippen molar-refractivity contribution in [3.8, 4) is 0 Å². The van der Waals surface area contributed by atoms with E-state index in [9.17, 15) is 8.42 Å². The van der Waals surface area contributed by atoms with Crippen LogP contribution in [0.1, 0.15) is 13.8 Å². The normalized spacial score (nSPS) is 12.7. The van der Waals surface area contributed by atoms with Crippen LogP contribution in [0.5, 0.6) is 0 Å². The molecule has 0 radical (unpaired) electrons. The van der Waals surface area contributed by atoms with Crippen LogP contribution in [-0.2, 0) is 14.8 Å². The molecule has 0 aromatic heterocycles. The molecule has 6 heteroatoms. The Balaban J connectivity index is 4.44. The molecule has 4 nitrogen and oxygen atoms in total. The summed E-state index contributed by atoms with van der Waals surface area (Å²) in [6.45, 7) is 5.17. The van der Waals surface area contributed by atoms with E-state index in [4.69, 9.17) is 4.74 Å². The molecule has 0 bridgehead atoms. The van der Waals surface area contributed by atoms with E-state index < -0.39 is 10.0 Å². The second-order valence-electron chi connectivity index (χ2n) is 3.75. The second kappa shape index (κ2) is 7.60. The number of hydrogen-bond acceptors (Lipinski definition) is 3. The minimum absolute atomic E-state index is 0.148. The molecule has 0 aliphatic rings. The van der Waals surface area contributed by atoms with Gasteiger partial charge >= 0.3 is 0 Å². The van der Waals surface area contributed by atoms with E-state index in [0.717, 1.165) is 0 Å². The van der Waals surface area contributed by atoms with Crippen molar-refractivity contribution in [2.45, 2.75) is 13.8 Å². The van der Waals surface area contributed by atoms with Crippen LogP contribution in [0, 0.1) is 5.92 Å². The predicted molar refractivity (Wildman–Crippen MR) is 65.9 cm³/mol. The molecule has 0 amide bonds. The zero-order chi connectivity index (χ0) is 11.9. The summed E-state index contributed by atoms with van der Waals surface area (Å²) in [5.74, 6) is 0.347. The second-order valence-corrected chi connectivity index (χ2v) is 6.56. The van der Waals surface area contributed by atoms with Crippen molar-refractivity contribution in [1.82, 2.24) is 4.31 Å². The molecule has 0 fully saturated rings. The van der Waals surface area contributed by atoms with E-state index in [0.29, 0.717) is 25.0 Å². The molecule has 0 spiro atoms. The fraction of sp³-hybridized carbons (Fsp3) is 1.00. The molecular formula is C9H20BrNO3S. The Morgan fingerprint density at radius 2 is 1.93 bits per heavy atom. The molecule has 0 saturated heterocycles. The van der Waals surface area contributed by atoms with E-state index >= 15 is 0 Å². The van der Waals surface area contributed by atoms with Crippen LogP contribution in [-0.4, -0.2) is 50.6 Å². The Labute approximate surface area is 101 Å². The third-order valence-electron chi connectivity index (χ3n) is 1.82. The van der Waals surface area contributed by atoms with E-state index in [1.165, 1.54) is 4.31 Å². The fourth-order valence-electron chi connectivity index (χ4n) is 1.20. The first-order valence-electron chi connectivity index (χ1n) is 4.96. The first kappa shape index (κ1) is 15.3. The van der Waals surface area contributed by atoms with Gasteiger partial charge in [0.2, 0.25) is 10.0 Å². The maximum Gasteiger partial charge on any atom is 0.214 e. The van der Waals surface area contributed by atoms with Crippen molar-refractivity contribution in [2.75, 3.05) is 37.9 Å². The number of hydrogen-bond donors (Lipinski definition) is 0. The Bertz CT molecular complexity index is 254. The van der Waals surface area contributed by atoms with Crippen LogP contribution in [0.15, 0.2) is 0 Å². The quantitative estimate of drug-likeness (QED) is 0.635. The Kier molecular flexibility index (Phi) is 7.77. The third kappa shape index (κ3) is 6.50. The molecule has 15 heavy (non-hydrogen) atoms. The van der Waals surface area contributed by atoms with Crippen LogP contribution in [0.2, 0.25) is 0 Å². The summed E-state index contributed by atoms with van der Waals surface area (Å²) in [6.07, 6.45) is 0. The van der Waals surface area contributed by atoms with Crippen molar-refractivity contribution in [3.63, 3.8) is 0 Å². The van der Waals surface area contributed by atoms with Gasteiger partial charge in [0, 0.05) is 25.5 Å². The Hall–Kier alpha value is 0.350. The van der Waals surface area contributed by atoms with Crippen molar-refractivity contribution >= 4 is 26.0 Å². The number of rotatable bonds is 8. The minimum Gasteiger partial charge on any atom is -0.383 e. The van der Waals surface area contributed by atoms with E-state index in [2.05, 4.69) is 15.9 Å². The van der Waals surface area contributed by atoms with Gasteiger partial charge in [-0.3, -0.25) is 0 Å². The van der Waals surface area contributed by atoms with Crippen molar-refractivity contribution in [2.24, 2.45) is 5.92 Å². The van der Waals surface area contributed by atoms with Gasteiger partial charge in [-0.05, 0) is 5.92 Å². The van der Waals surface area contributed by atoms with Crippen LogP contribution in [0.25, 0.3) is 0 Å². The average molecular weight is 302 g/mol. The zero-order valence-electron chi connectivity index (χ0n) is 9.57. The monoisotopic (exact) mass is 301 g/mol.